The van der Waals surface area contributed by atoms with Gasteiger partial charge in [-0.05, 0) is 17.7 Å². The first-order chi connectivity index (χ1) is 8.45. The maximum Gasteiger partial charge on any atom is 0.223 e. The molecule has 0 aliphatic heterocycles. The molecule has 0 unspecified atom stereocenters. The van der Waals surface area contributed by atoms with Gasteiger partial charge in [0.2, 0.25) is 12.2 Å². The van der Waals surface area contributed by atoms with E-state index in [1.807, 2.05) is 49.5 Å². The summed E-state index contributed by atoms with van der Waals surface area (Å²) in [5.74, 6) is -0.131. The Kier molecular flexibility index (Phi) is 4.89. The Balaban J connectivity index is 2.76. The molecule has 97 valence electrons. The molecule has 1 aromatic carbocycles. The van der Waals surface area contributed by atoms with E-state index in [2.05, 4.69) is 0 Å². The Morgan fingerprint density at radius 1 is 1.22 bits per heavy atom. The molecule has 1 amide bonds. The minimum Gasteiger partial charge on any atom is -0.378 e. The van der Waals surface area contributed by atoms with E-state index >= 15 is 0 Å². The van der Waals surface area contributed by atoms with Gasteiger partial charge in [0, 0.05) is 40.2 Å². The van der Waals surface area contributed by atoms with Crippen molar-refractivity contribution < 1.29 is 9.59 Å². The molecule has 0 aliphatic rings. The molecule has 1 radical (unpaired) electrons. The van der Waals surface area contributed by atoms with Crippen LogP contribution in [-0.4, -0.2) is 44.3 Å². The molecule has 0 saturated heterocycles. The van der Waals surface area contributed by atoms with Gasteiger partial charge in [0.25, 0.3) is 0 Å². The van der Waals surface area contributed by atoms with Gasteiger partial charge in [0.1, 0.15) is 6.04 Å². The van der Waals surface area contributed by atoms with E-state index in [1.165, 1.54) is 11.8 Å². The highest BCUT2D eigenvalue weighted by molar-refractivity contribution is 5.77. The predicted molar refractivity (Wildman–Crippen MR) is 72.4 cm³/mol. The number of nitrogens with zero attached hydrogens (tertiary/aromatic N) is 2. The molecule has 0 aromatic heterocycles. The van der Waals surface area contributed by atoms with Gasteiger partial charge < -0.3 is 9.80 Å². The van der Waals surface area contributed by atoms with Gasteiger partial charge in [-0.25, -0.2) is 0 Å². The zero-order valence-electron chi connectivity index (χ0n) is 11.3. The van der Waals surface area contributed by atoms with Crippen LogP contribution in [0.1, 0.15) is 12.5 Å². The molecule has 0 bridgehead atoms. The molecule has 0 heterocycles. The lowest BCUT2D eigenvalue weighted by atomic mass is 10.1. The minimum atomic E-state index is -0.521. The molecule has 0 spiro atoms. The number of amides is 1. The zero-order chi connectivity index (χ0) is 13.7. The summed E-state index contributed by atoms with van der Waals surface area (Å²) in [4.78, 5) is 25.5. The van der Waals surface area contributed by atoms with Crippen LogP contribution in [0.2, 0.25) is 0 Å². The molecule has 0 aliphatic carbocycles. The summed E-state index contributed by atoms with van der Waals surface area (Å²) in [6, 6.07) is 7.39. The maximum absolute atomic E-state index is 11.2. The second-order valence-corrected chi connectivity index (χ2v) is 4.53. The van der Waals surface area contributed by atoms with E-state index in [-0.39, 0.29) is 5.91 Å². The van der Waals surface area contributed by atoms with Crippen molar-refractivity contribution in [3.8, 4) is 0 Å². The fraction of sp³-hybridized carbons (Fsp3) is 0.429. The van der Waals surface area contributed by atoms with Crippen molar-refractivity contribution in [2.24, 2.45) is 0 Å². The Labute approximate surface area is 108 Å². The van der Waals surface area contributed by atoms with Gasteiger partial charge in [0.05, 0.1) is 0 Å². The Bertz CT molecular complexity index is 412. The monoisotopic (exact) mass is 247 g/mol. The van der Waals surface area contributed by atoms with E-state index < -0.39 is 6.04 Å². The molecular formula is C14H19N2O2. The molecule has 0 saturated carbocycles. The largest absolute Gasteiger partial charge is 0.378 e. The van der Waals surface area contributed by atoms with Crippen LogP contribution in [0.3, 0.4) is 0 Å². The van der Waals surface area contributed by atoms with Crippen LogP contribution in [0, 0.1) is 0 Å². The summed E-state index contributed by atoms with van der Waals surface area (Å²) in [6.07, 6.45) is 2.41. The average Bonchev–Trinajstić information content (AvgIpc) is 2.35. The van der Waals surface area contributed by atoms with Crippen LogP contribution in [0.4, 0.5) is 5.69 Å². The minimum absolute atomic E-state index is 0.131. The molecule has 1 aromatic rings. The Hall–Kier alpha value is -1.84. The number of likely N-dealkylation sites (N-methyl/N-ethyl adjacent to an activating group) is 1. The SMILES string of the molecule is CC(=O)N(C)[C@H]([C]=O)Cc1ccc(N(C)C)cc1. The summed E-state index contributed by atoms with van der Waals surface area (Å²) in [5, 5.41) is 0. The molecule has 1 rings (SSSR count). The first-order valence-corrected chi connectivity index (χ1v) is 5.83. The first-order valence-electron chi connectivity index (χ1n) is 5.83. The average molecular weight is 247 g/mol. The summed E-state index contributed by atoms with van der Waals surface area (Å²) in [5.41, 5.74) is 2.12. The lowest BCUT2D eigenvalue weighted by Crippen LogP contribution is -2.38. The number of carbonyl (C=O) groups excluding carboxylic acids is 2. The summed E-state index contributed by atoms with van der Waals surface area (Å²) < 4.78 is 0. The van der Waals surface area contributed by atoms with Crippen LogP contribution in [0.25, 0.3) is 0 Å². The van der Waals surface area contributed by atoms with Crippen molar-refractivity contribution >= 4 is 17.9 Å². The molecule has 0 fully saturated rings. The van der Waals surface area contributed by atoms with Crippen LogP contribution in [-0.2, 0) is 16.0 Å². The van der Waals surface area contributed by atoms with Gasteiger partial charge >= 0.3 is 0 Å². The molecule has 1 atom stereocenters. The first kappa shape index (κ1) is 14.2. The van der Waals surface area contributed by atoms with Crippen LogP contribution < -0.4 is 4.90 Å². The smallest absolute Gasteiger partial charge is 0.223 e. The second-order valence-electron chi connectivity index (χ2n) is 4.53. The molecular weight excluding hydrogens is 228 g/mol. The van der Waals surface area contributed by atoms with E-state index in [4.69, 9.17) is 0 Å². The Morgan fingerprint density at radius 2 is 1.78 bits per heavy atom. The fourth-order valence-corrected chi connectivity index (χ4v) is 1.63. The van der Waals surface area contributed by atoms with Crippen LogP contribution in [0.15, 0.2) is 24.3 Å². The summed E-state index contributed by atoms with van der Waals surface area (Å²) in [6.45, 7) is 1.44. The van der Waals surface area contributed by atoms with Gasteiger partial charge in [-0.2, -0.15) is 0 Å². The summed E-state index contributed by atoms with van der Waals surface area (Å²) in [7, 11) is 5.56. The fourth-order valence-electron chi connectivity index (χ4n) is 1.63. The molecule has 0 N–H and O–H groups in total. The van der Waals surface area contributed by atoms with Crippen molar-refractivity contribution in [3.63, 3.8) is 0 Å². The third-order valence-electron chi connectivity index (χ3n) is 2.98. The van der Waals surface area contributed by atoms with Crippen molar-refractivity contribution in [2.75, 3.05) is 26.0 Å². The number of benzene rings is 1. The number of rotatable bonds is 5. The normalized spacial score (nSPS) is 11.8. The van der Waals surface area contributed by atoms with Gasteiger partial charge in [-0.1, -0.05) is 12.1 Å². The Morgan fingerprint density at radius 3 is 2.17 bits per heavy atom. The van der Waals surface area contributed by atoms with Gasteiger partial charge in [0.15, 0.2) is 0 Å². The number of carbonyl (C=O) groups is 1. The maximum atomic E-state index is 11.2. The topological polar surface area (TPSA) is 40.6 Å². The van der Waals surface area contributed by atoms with E-state index in [0.29, 0.717) is 6.42 Å². The highest BCUT2D eigenvalue weighted by Gasteiger charge is 2.17. The van der Waals surface area contributed by atoms with Crippen LogP contribution >= 0.6 is 0 Å². The van der Waals surface area contributed by atoms with Crippen molar-refractivity contribution in [3.05, 3.63) is 29.8 Å². The number of hydrogen-bond acceptors (Lipinski definition) is 3. The lowest BCUT2D eigenvalue weighted by molar-refractivity contribution is -0.128. The lowest BCUT2D eigenvalue weighted by Gasteiger charge is -2.22. The highest BCUT2D eigenvalue weighted by atomic mass is 16.2. The highest BCUT2D eigenvalue weighted by Crippen LogP contribution is 2.14. The third kappa shape index (κ3) is 3.58. The number of anilines is 1. The molecule has 4 heteroatoms. The standard InChI is InChI=1S/C14H19N2O2/c1-11(18)16(4)14(10-17)9-12-5-7-13(8-6-12)15(2)3/h5-8,14H,9H2,1-4H3/t14-/m0/s1. The third-order valence-corrected chi connectivity index (χ3v) is 2.98. The zero-order valence-corrected chi connectivity index (χ0v) is 11.3. The van der Waals surface area contributed by atoms with Crippen molar-refractivity contribution in [2.45, 2.75) is 19.4 Å². The second kappa shape index (κ2) is 6.19. The van der Waals surface area contributed by atoms with E-state index in [1.54, 1.807) is 7.05 Å². The van der Waals surface area contributed by atoms with Gasteiger partial charge in [-0.3, -0.25) is 9.59 Å². The van der Waals surface area contributed by atoms with Gasteiger partial charge in [-0.15, -0.1) is 0 Å². The van der Waals surface area contributed by atoms with E-state index in [9.17, 15) is 9.59 Å². The van der Waals surface area contributed by atoms with Crippen molar-refractivity contribution in [1.29, 1.82) is 0 Å². The summed E-state index contributed by atoms with van der Waals surface area (Å²) >= 11 is 0. The van der Waals surface area contributed by atoms with Crippen LogP contribution in [0.5, 0.6) is 0 Å². The molecule has 18 heavy (non-hydrogen) atoms. The predicted octanol–water partition coefficient (Wildman–Crippen LogP) is 1.25. The van der Waals surface area contributed by atoms with Crippen molar-refractivity contribution in [1.82, 2.24) is 4.90 Å². The van der Waals surface area contributed by atoms with E-state index in [0.717, 1.165) is 11.3 Å². The number of hydrogen-bond donors (Lipinski definition) is 0. The molecule has 4 nitrogen and oxygen atoms in total. The quantitative estimate of drug-likeness (QED) is 0.786.